The lowest BCUT2D eigenvalue weighted by atomic mass is 9.88. The van der Waals surface area contributed by atoms with Crippen molar-refractivity contribution < 1.29 is 0 Å². The number of benzene rings is 1. The molecular weight excluding hydrogens is 447 g/mol. The Balaban J connectivity index is 1.32. The molecule has 8 nitrogen and oxygen atoms in total. The van der Waals surface area contributed by atoms with E-state index in [1.54, 1.807) is 6.20 Å². The molecule has 5 rings (SSSR count). The summed E-state index contributed by atoms with van der Waals surface area (Å²) in [5, 5.41) is 3.23. The molecule has 0 bridgehead atoms. The molecule has 1 N–H and O–H groups in total. The van der Waals surface area contributed by atoms with E-state index in [1.165, 1.54) is 0 Å². The number of nitrogens with one attached hydrogen (secondary N) is 1. The topological polar surface area (TPSA) is 75.0 Å². The van der Waals surface area contributed by atoms with Crippen molar-refractivity contribution in [2.24, 2.45) is 0 Å². The maximum absolute atomic E-state index is 6.34. The summed E-state index contributed by atoms with van der Waals surface area (Å²) in [5.74, 6) is 2.17. The van der Waals surface area contributed by atoms with Gasteiger partial charge in [-0.3, -0.25) is 4.90 Å². The van der Waals surface area contributed by atoms with Crippen LogP contribution in [0.3, 0.4) is 0 Å². The van der Waals surface area contributed by atoms with Crippen molar-refractivity contribution in [3.8, 4) is 11.1 Å². The van der Waals surface area contributed by atoms with Crippen LogP contribution in [0.1, 0.15) is 38.2 Å². The van der Waals surface area contributed by atoms with E-state index >= 15 is 0 Å². The molecule has 36 heavy (non-hydrogen) atoms. The average molecular weight is 480 g/mol. The fourth-order valence-electron chi connectivity index (χ4n) is 4.95. The number of imidazole rings is 1. The van der Waals surface area contributed by atoms with Crippen molar-refractivity contribution in [3.63, 3.8) is 0 Å². The van der Waals surface area contributed by atoms with Crippen molar-refractivity contribution in [1.82, 2.24) is 34.3 Å². The molecule has 1 aromatic carbocycles. The van der Waals surface area contributed by atoms with Gasteiger partial charge in [-0.15, -0.1) is 0 Å². The Bertz CT molecular complexity index is 1340. The van der Waals surface area contributed by atoms with E-state index in [2.05, 4.69) is 67.5 Å². The van der Waals surface area contributed by atoms with Crippen LogP contribution >= 0.6 is 0 Å². The number of aromatic nitrogens is 5. The highest BCUT2D eigenvalue weighted by Crippen LogP contribution is 2.27. The van der Waals surface area contributed by atoms with Crippen molar-refractivity contribution in [2.75, 3.05) is 38.0 Å². The Morgan fingerprint density at radius 1 is 0.972 bits per heavy atom. The van der Waals surface area contributed by atoms with Crippen LogP contribution in [0.4, 0.5) is 11.8 Å². The molecule has 1 aliphatic heterocycles. The summed E-state index contributed by atoms with van der Waals surface area (Å²) in [5.41, 5.74) is 5.74. The SMILES string of the molecule is [B]c1cnc(Nc2ncc(CN3CCN(CC)CC3)cn2)cc1-c1ccc2nc(C)n(C(C)C)c2c1. The largest absolute Gasteiger partial charge is 0.326 e. The van der Waals surface area contributed by atoms with Gasteiger partial charge in [0.25, 0.3) is 0 Å². The summed E-state index contributed by atoms with van der Waals surface area (Å²) in [7, 11) is 6.34. The highest BCUT2D eigenvalue weighted by atomic mass is 15.3. The molecule has 4 heterocycles. The number of hydrogen-bond donors (Lipinski definition) is 1. The quantitative estimate of drug-likeness (QED) is 0.406. The minimum atomic E-state index is 0.318. The van der Waals surface area contributed by atoms with E-state index < -0.39 is 0 Å². The second-order valence-electron chi connectivity index (χ2n) is 9.73. The van der Waals surface area contributed by atoms with E-state index in [0.29, 0.717) is 23.3 Å². The number of aryl methyl sites for hydroxylation is 1. The molecule has 0 atom stereocenters. The van der Waals surface area contributed by atoms with Crippen LogP contribution in [-0.2, 0) is 6.54 Å². The molecule has 0 unspecified atom stereocenters. The van der Waals surface area contributed by atoms with Crippen LogP contribution in [0.25, 0.3) is 22.2 Å². The summed E-state index contributed by atoms with van der Waals surface area (Å²) >= 11 is 0. The molecule has 3 aromatic heterocycles. The van der Waals surface area contributed by atoms with Crippen LogP contribution < -0.4 is 10.8 Å². The molecule has 9 heteroatoms. The van der Waals surface area contributed by atoms with Crippen LogP contribution in [-0.4, -0.2) is 74.9 Å². The van der Waals surface area contributed by atoms with Gasteiger partial charge in [-0.1, -0.05) is 18.5 Å². The van der Waals surface area contributed by atoms with Crippen LogP contribution in [0.5, 0.6) is 0 Å². The zero-order chi connectivity index (χ0) is 25.2. The Labute approximate surface area is 214 Å². The first-order valence-electron chi connectivity index (χ1n) is 12.7. The van der Waals surface area contributed by atoms with Crippen molar-refractivity contribution in [1.29, 1.82) is 0 Å². The summed E-state index contributed by atoms with van der Waals surface area (Å²) in [4.78, 5) is 23.1. The number of hydrogen-bond acceptors (Lipinski definition) is 7. The van der Waals surface area contributed by atoms with Crippen molar-refractivity contribution >= 4 is 36.1 Å². The van der Waals surface area contributed by atoms with Crippen LogP contribution in [0, 0.1) is 6.92 Å². The first-order valence-corrected chi connectivity index (χ1v) is 12.7. The van der Waals surface area contributed by atoms with Gasteiger partial charge in [0, 0.05) is 62.9 Å². The Hall–Kier alpha value is -3.30. The van der Waals surface area contributed by atoms with Gasteiger partial charge in [0.15, 0.2) is 0 Å². The maximum Gasteiger partial charge on any atom is 0.228 e. The minimum absolute atomic E-state index is 0.318. The van der Waals surface area contributed by atoms with Gasteiger partial charge in [-0.25, -0.2) is 19.9 Å². The Kier molecular flexibility index (Phi) is 7.02. The normalized spacial score (nSPS) is 15.1. The summed E-state index contributed by atoms with van der Waals surface area (Å²) < 4.78 is 2.24. The predicted octanol–water partition coefficient (Wildman–Crippen LogP) is 3.45. The lowest BCUT2D eigenvalue weighted by molar-refractivity contribution is 0.132. The van der Waals surface area contributed by atoms with Gasteiger partial charge in [0.1, 0.15) is 19.5 Å². The smallest absolute Gasteiger partial charge is 0.228 e. The van der Waals surface area contributed by atoms with Gasteiger partial charge in [0.2, 0.25) is 5.95 Å². The maximum atomic E-state index is 6.34. The van der Waals surface area contributed by atoms with E-state index in [4.69, 9.17) is 12.8 Å². The predicted molar refractivity (Wildman–Crippen MR) is 146 cm³/mol. The molecule has 0 aliphatic carbocycles. The third-order valence-electron chi connectivity index (χ3n) is 6.89. The fourth-order valence-corrected chi connectivity index (χ4v) is 4.95. The highest BCUT2D eigenvalue weighted by molar-refractivity contribution is 6.35. The molecule has 0 amide bonds. The fraction of sp³-hybridized carbons (Fsp3) is 0.407. The summed E-state index contributed by atoms with van der Waals surface area (Å²) in [6, 6.07) is 8.52. The monoisotopic (exact) mass is 480 g/mol. The molecule has 4 aromatic rings. The number of likely N-dealkylation sites (N-methyl/N-ethyl adjacent to an activating group) is 1. The number of nitrogens with zero attached hydrogens (tertiary/aromatic N) is 7. The number of fused-ring (bicyclic) bond motifs is 1. The van der Waals surface area contributed by atoms with Crippen LogP contribution in [0.2, 0.25) is 0 Å². The molecular formula is C27H33BN8. The molecule has 1 fully saturated rings. The first kappa shape index (κ1) is 24.4. The third-order valence-corrected chi connectivity index (χ3v) is 6.89. The number of rotatable bonds is 7. The van der Waals surface area contributed by atoms with Gasteiger partial charge in [-0.2, -0.15) is 0 Å². The Morgan fingerprint density at radius 2 is 1.69 bits per heavy atom. The third kappa shape index (κ3) is 5.13. The zero-order valence-electron chi connectivity index (χ0n) is 21.6. The number of pyridine rings is 1. The average Bonchev–Trinajstić information content (AvgIpc) is 3.22. The molecule has 1 aliphatic rings. The van der Waals surface area contributed by atoms with E-state index in [-0.39, 0.29) is 0 Å². The lowest BCUT2D eigenvalue weighted by Crippen LogP contribution is -2.45. The second kappa shape index (κ2) is 10.4. The van der Waals surface area contributed by atoms with Crippen molar-refractivity contribution in [2.45, 2.75) is 40.3 Å². The second-order valence-corrected chi connectivity index (χ2v) is 9.73. The van der Waals surface area contributed by atoms with E-state index in [1.807, 2.05) is 31.5 Å². The molecule has 1 saturated heterocycles. The zero-order valence-corrected chi connectivity index (χ0v) is 21.6. The highest BCUT2D eigenvalue weighted by Gasteiger charge is 2.16. The van der Waals surface area contributed by atoms with E-state index in [0.717, 1.165) is 72.8 Å². The van der Waals surface area contributed by atoms with Gasteiger partial charge in [0.05, 0.1) is 11.0 Å². The van der Waals surface area contributed by atoms with Crippen LogP contribution in [0.15, 0.2) is 42.9 Å². The van der Waals surface area contributed by atoms with E-state index in [9.17, 15) is 0 Å². The lowest BCUT2D eigenvalue weighted by Gasteiger charge is -2.33. The molecule has 0 saturated carbocycles. The molecule has 184 valence electrons. The molecule has 2 radical (unpaired) electrons. The summed E-state index contributed by atoms with van der Waals surface area (Å²) in [6.07, 6.45) is 5.46. The number of anilines is 2. The summed E-state index contributed by atoms with van der Waals surface area (Å²) in [6.45, 7) is 15.0. The van der Waals surface area contributed by atoms with Gasteiger partial charge >= 0.3 is 0 Å². The van der Waals surface area contributed by atoms with Gasteiger partial charge < -0.3 is 14.8 Å². The molecule has 0 spiro atoms. The standard InChI is InChI=1S/C27H33BN8/c1-5-34-8-10-35(11-9-34)17-20-14-30-27(31-15-20)33-26-13-22(23(28)16-29-26)21-6-7-24-25(12-21)36(18(2)3)19(4)32-24/h6-7,12-16,18H,5,8-11,17H2,1-4H3,(H,29,30,31,33). The minimum Gasteiger partial charge on any atom is -0.326 e. The number of piperazine rings is 1. The first-order chi connectivity index (χ1) is 17.4. The Morgan fingerprint density at radius 3 is 2.39 bits per heavy atom. The van der Waals surface area contributed by atoms with Gasteiger partial charge in [-0.05, 0) is 56.6 Å². The van der Waals surface area contributed by atoms with Crippen molar-refractivity contribution in [3.05, 3.63) is 54.2 Å².